The maximum absolute atomic E-state index is 8.18. The molecule has 0 aliphatic heterocycles. The van der Waals surface area contributed by atoms with Gasteiger partial charge in [0.05, 0.1) is 25.4 Å². The van der Waals surface area contributed by atoms with E-state index in [2.05, 4.69) is 15.6 Å². The van der Waals surface area contributed by atoms with Crippen molar-refractivity contribution in [3.8, 4) is 6.07 Å². The van der Waals surface area contributed by atoms with E-state index in [9.17, 15) is 0 Å². The minimum Gasteiger partial charge on any atom is -0.303 e. The molecule has 0 saturated carbocycles. The number of rotatable bonds is 4. The molecule has 0 unspecified atom stereocenters. The molecule has 1 heterocycles. The Hall–Kier alpha value is -1.41. The van der Waals surface area contributed by atoms with E-state index < -0.39 is 0 Å². The van der Waals surface area contributed by atoms with E-state index in [1.165, 1.54) is 0 Å². The molecule has 0 bridgehead atoms. The molecule has 0 aromatic carbocycles. The lowest BCUT2D eigenvalue weighted by Gasteiger charge is -1.98. The van der Waals surface area contributed by atoms with Crippen LogP contribution < -0.4 is 5.32 Å². The lowest BCUT2D eigenvalue weighted by Crippen LogP contribution is -2.20. The average molecular weight is 151 g/mol. The summed E-state index contributed by atoms with van der Waals surface area (Å²) < 4.78 is 1.71. The van der Waals surface area contributed by atoms with Crippen molar-refractivity contribution in [3.05, 3.63) is 12.4 Å². The minimum absolute atomic E-state index is 0.384. The van der Waals surface area contributed by atoms with Crippen molar-refractivity contribution in [2.24, 2.45) is 0 Å². The third kappa shape index (κ3) is 2.78. The second-order valence-corrected chi connectivity index (χ2v) is 2.00. The monoisotopic (exact) mass is 151 g/mol. The van der Waals surface area contributed by atoms with Crippen molar-refractivity contribution in [1.29, 1.82) is 5.26 Å². The fourth-order valence-electron chi connectivity index (χ4n) is 0.690. The van der Waals surface area contributed by atoms with Crippen molar-refractivity contribution >= 4 is 0 Å². The molecule has 58 valence electrons. The second-order valence-electron chi connectivity index (χ2n) is 2.00. The van der Waals surface area contributed by atoms with E-state index in [1.54, 1.807) is 17.1 Å². The standard InChI is InChI=1S/C6H9N5/c7-1-2-8-3-5-11-6-4-9-10-11/h4,6,8H,2-3,5H2. The maximum Gasteiger partial charge on any atom is 0.0841 e. The molecular weight excluding hydrogens is 142 g/mol. The van der Waals surface area contributed by atoms with E-state index in [0.29, 0.717) is 6.54 Å². The molecule has 0 aliphatic rings. The number of aromatic nitrogens is 3. The van der Waals surface area contributed by atoms with E-state index >= 15 is 0 Å². The molecule has 1 N–H and O–H groups in total. The highest BCUT2D eigenvalue weighted by molar-refractivity contribution is 4.72. The first-order valence-corrected chi connectivity index (χ1v) is 3.35. The van der Waals surface area contributed by atoms with Gasteiger partial charge >= 0.3 is 0 Å². The van der Waals surface area contributed by atoms with Crippen LogP contribution in [0.25, 0.3) is 0 Å². The Labute approximate surface area is 64.6 Å². The fourth-order valence-corrected chi connectivity index (χ4v) is 0.690. The van der Waals surface area contributed by atoms with Gasteiger partial charge in [-0.05, 0) is 0 Å². The molecule has 0 amide bonds. The Kier molecular flexibility index (Phi) is 3.09. The highest BCUT2D eigenvalue weighted by atomic mass is 15.4. The van der Waals surface area contributed by atoms with Gasteiger partial charge in [-0.25, -0.2) is 0 Å². The van der Waals surface area contributed by atoms with Gasteiger partial charge in [-0.3, -0.25) is 4.68 Å². The van der Waals surface area contributed by atoms with Gasteiger partial charge in [-0.1, -0.05) is 5.21 Å². The third-order valence-corrected chi connectivity index (χ3v) is 1.19. The van der Waals surface area contributed by atoms with Crippen molar-refractivity contribution in [1.82, 2.24) is 20.3 Å². The van der Waals surface area contributed by atoms with Crippen LogP contribution in [-0.2, 0) is 6.54 Å². The van der Waals surface area contributed by atoms with E-state index in [4.69, 9.17) is 5.26 Å². The minimum atomic E-state index is 0.384. The molecule has 0 aliphatic carbocycles. The third-order valence-electron chi connectivity index (χ3n) is 1.19. The average Bonchev–Trinajstić information content (AvgIpc) is 2.50. The topological polar surface area (TPSA) is 66.5 Å². The van der Waals surface area contributed by atoms with Crippen molar-refractivity contribution in [2.75, 3.05) is 13.1 Å². The predicted molar refractivity (Wildman–Crippen MR) is 38.5 cm³/mol. The van der Waals surface area contributed by atoms with Crippen LogP contribution in [0.4, 0.5) is 0 Å². The van der Waals surface area contributed by atoms with Crippen LogP contribution in [0, 0.1) is 11.3 Å². The maximum atomic E-state index is 8.18. The fraction of sp³-hybridized carbons (Fsp3) is 0.500. The van der Waals surface area contributed by atoms with Gasteiger partial charge in [0.1, 0.15) is 0 Å². The van der Waals surface area contributed by atoms with E-state index in [1.807, 2.05) is 6.07 Å². The Morgan fingerprint density at radius 1 is 1.64 bits per heavy atom. The van der Waals surface area contributed by atoms with Crippen LogP contribution in [0.3, 0.4) is 0 Å². The van der Waals surface area contributed by atoms with Crippen LogP contribution in [0.2, 0.25) is 0 Å². The van der Waals surface area contributed by atoms with Gasteiger partial charge in [0.25, 0.3) is 0 Å². The van der Waals surface area contributed by atoms with E-state index in [-0.39, 0.29) is 0 Å². The summed E-state index contributed by atoms with van der Waals surface area (Å²) in [4.78, 5) is 0. The summed E-state index contributed by atoms with van der Waals surface area (Å²) in [6.07, 6.45) is 3.42. The zero-order chi connectivity index (χ0) is 7.94. The van der Waals surface area contributed by atoms with E-state index in [0.717, 1.165) is 13.1 Å². The van der Waals surface area contributed by atoms with Crippen LogP contribution in [-0.4, -0.2) is 28.1 Å². The number of hydrogen-bond acceptors (Lipinski definition) is 4. The van der Waals surface area contributed by atoms with Crippen LogP contribution in [0.15, 0.2) is 12.4 Å². The summed E-state index contributed by atoms with van der Waals surface area (Å²) in [6, 6.07) is 1.99. The number of hydrogen-bond donors (Lipinski definition) is 1. The quantitative estimate of drug-likeness (QED) is 0.460. The summed E-state index contributed by atoms with van der Waals surface area (Å²) in [7, 11) is 0. The van der Waals surface area contributed by atoms with Gasteiger partial charge < -0.3 is 5.32 Å². The van der Waals surface area contributed by atoms with Gasteiger partial charge in [0.2, 0.25) is 0 Å². The summed E-state index contributed by atoms with van der Waals surface area (Å²) in [6.45, 7) is 1.88. The first kappa shape index (κ1) is 7.69. The summed E-state index contributed by atoms with van der Waals surface area (Å²) >= 11 is 0. The molecule has 0 saturated heterocycles. The Morgan fingerprint density at radius 3 is 3.18 bits per heavy atom. The number of nitrogens with zero attached hydrogens (tertiary/aromatic N) is 4. The molecule has 1 aromatic rings. The van der Waals surface area contributed by atoms with Crippen LogP contribution in [0.1, 0.15) is 0 Å². The Balaban J connectivity index is 2.10. The normalized spacial score (nSPS) is 9.36. The van der Waals surface area contributed by atoms with Gasteiger partial charge in [0, 0.05) is 12.7 Å². The van der Waals surface area contributed by atoms with Crippen LogP contribution in [0.5, 0.6) is 0 Å². The van der Waals surface area contributed by atoms with Crippen molar-refractivity contribution in [2.45, 2.75) is 6.54 Å². The largest absolute Gasteiger partial charge is 0.303 e. The molecule has 5 heteroatoms. The number of nitrogens with one attached hydrogen (secondary N) is 1. The first-order valence-electron chi connectivity index (χ1n) is 3.35. The lowest BCUT2D eigenvalue weighted by atomic mass is 10.6. The zero-order valence-corrected chi connectivity index (χ0v) is 6.06. The molecule has 1 aromatic heterocycles. The second kappa shape index (κ2) is 4.41. The smallest absolute Gasteiger partial charge is 0.0841 e. The molecule has 0 atom stereocenters. The van der Waals surface area contributed by atoms with Crippen LogP contribution >= 0.6 is 0 Å². The number of nitriles is 1. The van der Waals surface area contributed by atoms with Crippen molar-refractivity contribution < 1.29 is 0 Å². The zero-order valence-electron chi connectivity index (χ0n) is 6.06. The van der Waals surface area contributed by atoms with Gasteiger partial charge in [-0.2, -0.15) is 5.26 Å². The summed E-state index contributed by atoms with van der Waals surface area (Å²) in [5.74, 6) is 0. The lowest BCUT2D eigenvalue weighted by molar-refractivity contribution is 0.556. The molecular formula is C6H9N5. The Bertz CT molecular complexity index is 222. The highest BCUT2D eigenvalue weighted by Gasteiger charge is 1.88. The highest BCUT2D eigenvalue weighted by Crippen LogP contribution is 1.77. The predicted octanol–water partition coefficient (Wildman–Crippen LogP) is -0.609. The van der Waals surface area contributed by atoms with Gasteiger partial charge in [-0.15, -0.1) is 5.10 Å². The summed E-state index contributed by atoms with van der Waals surface area (Å²) in [5, 5.41) is 18.5. The van der Waals surface area contributed by atoms with Gasteiger partial charge in [0.15, 0.2) is 0 Å². The molecule has 1 rings (SSSR count). The first-order chi connectivity index (χ1) is 5.43. The molecule has 5 nitrogen and oxygen atoms in total. The Morgan fingerprint density at radius 2 is 2.55 bits per heavy atom. The van der Waals surface area contributed by atoms with Crippen molar-refractivity contribution in [3.63, 3.8) is 0 Å². The molecule has 11 heavy (non-hydrogen) atoms. The SMILES string of the molecule is N#CCNCCn1ccnn1. The molecule has 0 fully saturated rings. The molecule has 0 spiro atoms. The summed E-state index contributed by atoms with van der Waals surface area (Å²) in [5.41, 5.74) is 0. The molecule has 0 radical (unpaired) electrons.